The van der Waals surface area contributed by atoms with Crippen LogP contribution in [0.2, 0.25) is 0 Å². The van der Waals surface area contributed by atoms with Crippen molar-refractivity contribution >= 4 is 25.7 Å². The first-order valence-corrected chi connectivity index (χ1v) is 25.0. The first kappa shape index (κ1) is 56.7. The number of carboxylic acids is 1. The highest BCUT2D eigenvalue weighted by Crippen LogP contribution is 2.43. The number of carboxylic acid groups (broad SMARTS) is 1. The Hall–Kier alpha value is -2.30. The molecule has 59 heavy (non-hydrogen) atoms. The highest BCUT2D eigenvalue weighted by Gasteiger charge is 2.28. The number of aliphatic carboxylic acids is 1. The second-order valence-electron chi connectivity index (χ2n) is 15.9. The fraction of sp³-hybridized carbons (Fsp3) is 0.809. The van der Waals surface area contributed by atoms with E-state index >= 15 is 0 Å². The van der Waals surface area contributed by atoms with Gasteiger partial charge in [0, 0.05) is 12.8 Å². The van der Waals surface area contributed by atoms with Gasteiger partial charge in [-0.3, -0.25) is 18.6 Å². The van der Waals surface area contributed by atoms with Gasteiger partial charge in [-0.2, -0.15) is 0 Å². The topological polar surface area (TPSA) is 169 Å². The number of nitrogens with one attached hydrogen (secondary N) is 1. The van der Waals surface area contributed by atoms with Crippen LogP contribution in [0.25, 0.3) is 0 Å². The Bertz CT molecular complexity index is 1140. The third-order valence-electron chi connectivity index (χ3n) is 10.2. The summed E-state index contributed by atoms with van der Waals surface area (Å²) in [5, 5.41) is 21.9. The highest BCUT2D eigenvalue weighted by molar-refractivity contribution is 7.47. The lowest BCUT2D eigenvalue weighted by Crippen LogP contribution is -2.43. The van der Waals surface area contributed by atoms with Crippen molar-refractivity contribution in [2.24, 2.45) is 0 Å². The van der Waals surface area contributed by atoms with Gasteiger partial charge in [0.15, 0.2) is 6.04 Å². The molecule has 0 rings (SSSR count). The number of aliphatic hydroxyl groups excluding tert-OH is 1. The summed E-state index contributed by atoms with van der Waals surface area (Å²) in [6.45, 7) is 2.57. The number of ether oxygens (including phenoxy) is 1. The molecule has 0 radical (unpaired) electrons. The number of phosphoric ester groups is 1. The molecule has 11 nitrogen and oxygen atoms in total. The molecule has 3 atom stereocenters. The number of hydrogen-bond acceptors (Lipinski definition) is 8. The van der Waals surface area contributed by atoms with Crippen molar-refractivity contribution < 1.29 is 47.8 Å². The Labute approximate surface area is 359 Å². The molecule has 0 aliphatic carbocycles. The average molecular weight is 856 g/mol. The van der Waals surface area contributed by atoms with Gasteiger partial charge in [-0.1, -0.05) is 166 Å². The zero-order valence-electron chi connectivity index (χ0n) is 37.3. The van der Waals surface area contributed by atoms with Crippen molar-refractivity contribution in [1.29, 1.82) is 0 Å². The van der Waals surface area contributed by atoms with Gasteiger partial charge in [-0.15, -0.1) is 0 Å². The first-order valence-electron chi connectivity index (χ1n) is 23.5. The summed E-state index contributed by atoms with van der Waals surface area (Å²) < 4.78 is 26.9. The lowest BCUT2D eigenvalue weighted by Gasteiger charge is -2.18. The lowest BCUT2D eigenvalue weighted by atomic mass is 10.1. The Morgan fingerprint density at radius 3 is 1.42 bits per heavy atom. The van der Waals surface area contributed by atoms with Crippen LogP contribution >= 0.6 is 7.82 Å². The van der Waals surface area contributed by atoms with E-state index < -0.39 is 57.6 Å². The van der Waals surface area contributed by atoms with Crippen molar-refractivity contribution in [1.82, 2.24) is 5.32 Å². The molecule has 344 valence electrons. The van der Waals surface area contributed by atoms with Crippen molar-refractivity contribution in [3.63, 3.8) is 0 Å². The number of unbranched alkanes of at least 4 members (excludes halogenated alkanes) is 24. The van der Waals surface area contributed by atoms with E-state index in [1.165, 1.54) is 109 Å². The number of rotatable bonds is 44. The minimum atomic E-state index is -4.76. The monoisotopic (exact) mass is 856 g/mol. The summed E-state index contributed by atoms with van der Waals surface area (Å²) in [5.41, 5.74) is 0. The Balaban J connectivity index is 3.88. The van der Waals surface area contributed by atoms with Crippen LogP contribution in [0.15, 0.2) is 36.5 Å². The molecular formula is C47H86NO10P. The van der Waals surface area contributed by atoms with Crippen LogP contribution in [0.5, 0.6) is 0 Å². The SMILES string of the molecule is CCCCC/C=C\C/C=C\CCCCCCCCCC(=O)OCC(O)COP(=O)(O)OCC(NC(=O)CCCCCCCCC/C=C\CCCCCCCCC)C(=O)O. The van der Waals surface area contributed by atoms with Gasteiger partial charge in [-0.05, 0) is 70.6 Å². The van der Waals surface area contributed by atoms with Crippen LogP contribution in [0, 0.1) is 0 Å². The number of phosphoric acid groups is 1. The molecule has 0 aromatic carbocycles. The van der Waals surface area contributed by atoms with Crippen LogP contribution in [-0.2, 0) is 32.7 Å². The predicted molar refractivity (Wildman–Crippen MR) is 240 cm³/mol. The lowest BCUT2D eigenvalue weighted by molar-refractivity contribution is -0.147. The molecule has 0 saturated heterocycles. The molecule has 4 N–H and O–H groups in total. The van der Waals surface area contributed by atoms with E-state index in [0.29, 0.717) is 12.8 Å². The van der Waals surface area contributed by atoms with E-state index in [-0.39, 0.29) is 12.8 Å². The molecular weight excluding hydrogens is 769 g/mol. The third kappa shape index (κ3) is 42.2. The van der Waals surface area contributed by atoms with Crippen molar-refractivity contribution in [2.75, 3.05) is 19.8 Å². The molecule has 0 fully saturated rings. The van der Waals surface area contributed by atoms with Gasteiger partial charge >= 0.3 is 19.8 Å². The van der Waals surface area contributed by atoms with Crippen LogP contribution in [0.4, 0.5) is 0 Å². The first-order chi connectivity index (χ1) is 28.6. The molecule has 1 amide bonds. The number of carbonyl (C=O) groups is 3. The highest BCUT2D eigenvalue weighted by atomic mass is 31.2. The molecule has 0 aromatic heterocycles. The number of aliphatic hydroxyl groups is 1. The number of esters is 1. The Morgan fingerprint density at radius 1 is 0.542 bits per heavy atom. The van der Waals surface area contributed by atoms with E-state index in [0.717, 1.165) is 64.2 Å². The maximum atomic E-state index is 12.3. The molecule has 0 spiro atoms. The zero-order valence-corrected chi connectivity index (χ0v) is 38.2. The predicted octanol–water partition coefficient (Wildman–Crippen LogP) is 12.4. The Morgan fingerprint density at radius 2 is 0.932 bits per heavy atom. The summed E-state index contributed by atoms with van der Waals surface area (Å²) in [7, 11) is -4.76. The fourth-order valence-corrected chi connectivity index (χ4v) is 7.23. The molecule has 0 aliphatic heterocycles. The summed E-state index contributed by atoms with van der Waals surface area (Å²) in [5.74, 6) is -2.38. The molecule has 3 unspecified atom stereocenters. The summed E-state index contributed by atoms with van der Waals surface area (Å²) in [6.07, 6.45) is 45.9. The van der Waals surface area contributed by atoms with Crippen LogP contribution in [0.3, 0.4) is 0 Å². The maximum absolute atomic E-state index is 12.3. The minimum Gasteiger partial charge on any atom is -0.480 e. The van der Waals surface area contributed by atoms with E-state index in [2.05, 4.69) is 55.6 Å². The molecule has 0 saturated carbocycles. The van der Waals surface area contributed by atoms with E-state index in [4.69, 9.17) is 13.8 Å². The van der Waals surface area contributed by atoms with E-state index in [9.17, 15) is 34.1 Å². The minimum absolute atomic E-state index is 0.141. The fourth-order valence-electron chi connectivity index (χ4n) is 6.46. The summed E-state index contributed by atoms with van der Waals surface area (Å²) in [6, 6.07) is -1.55. The normalized spacial score (nSPS) is 14.0. The van der Waals surface area contributed by atoms with Crippen molar-refractivity contribution in [2.45, 2.75) is 225 Å². The second kappa shape index (κ2) is 42.4. The van der Waals surface area contributed by atoms with E-state index in [1.54, 1.807) is 0 Å². The Kier molecular flexibility index (Phi) is 40.7. The van der Waals surface area contributed by atoms with Crippen LogP contribution < -0.4 is 5.32 Å². The summed E-state index contributed by atoms with van der Waals surface area (Å²) >= 11 is 0. The largest absolute Gasteiger partial charge is 0.480 e. The van der Waals surface area contributed by atoms with Crippen LogP contribution in [0.1, 0.15) is 213 Å². The van der Waals surface area contributed by atoms with Gasteiger partial charge in [-0.25, -0.2) is 9.36 Å². The number of carbonyl (C=O) groups excluding carboxylic acids is 2. The standard InChI is InChI=1S/C47H86NO10P/c1-3-5-7-9-11-13-15-17-19-21-23-24-26-28-30-32-34-36-38-45(50)48-44(47(52)53)42-58-59(54,55)57-41-43(49)40-56-46(51)39-37-35-33-31-29-27-25-22-20-18-16-14-12-10-8-6-4-2/h12,14,18-21,43-44,49H,3-11,13,15-17,22-42H2,1-2H3,(H,48,50)(H,52,53)(H,54,55)/b14-12-,20-18-,21-19-. The smallest absolute Gasteiger partial charge is 0.472 e. The number of allylic oxidation sites excluding steroid dienone is 6. The molecule has 0 aromatic rings. The number of amides is 1. The third-order valence-corrected chi connectivity index (χ3v) is 11.1. The average Bonchev–Trinajstić information content (AvgIpc) is 3.21. The molecule has 12 heteroatoms. The van der Waals surface area contributed by atoms with E-state index in [1.807, 2.05) is 0 Å². The second-order valence-corrected chi connectivity index (χ2v) is 17.4. The van der Waals surface area contributed by atoms with Gasteiger partial charge in [0.2, 0.25) is 5.91 Å². The molecule has 0 heterocycles. The van der Waals surface area contributed by atoms with Gasteiger partial charge in [0.05, 0.1) is 13.2 Å². The quantitative estimate of drug-likeness (QED) is 0.0200. The summed E-state index contributed by atoms with van der Waals surface area (Å²) in [4.78, 5) is 46.0. The number of hydrogen-bond donors (Lipinski definition) is 4. The van der Waals surface area contributed by atoms with Crippen molar-refractivity contribution in [3.05, 3.63) is 36.5 Å². The van der Waals surface area contributed by atoms with Gasteiger partial charge < -0.3 is 25.2 Å². The maximum Gasteiger partial charge on any atom is 0.472 e. The molecule has 0 bridgehead atoms. The zero-order chi connectivity index (χ0) is 43.5. The van der Waals surface area contributed by atoms with Gasteiger partial charge in [0.1, 0.15) is 12.7 Å². The van der Waals surface area contributed by atoms with Gasteiger partial charge in [0.25, 0.3) is 0 Å². The molecule has 0 aliphatic rings. The van der Waals surface area contributed by atoms with Crippen LogP contribution in [-0.4, -0.2) is 64.9 Å². The van der Waals surface area contributed by atoms with Crippen molar-refractivity contribution in [3.8, 4) is 0 Å².